The Morgan fingerprint density at radius 1 is 1.20 bits per heavy atom. The van der Waals surface area contributed by atoms with Crippen LogP contribution in [0.4, 0.5) is 9.18 Å². The fraction of sp³-hybridized carbons (Fsp3) is 0.500. The molecule has 1 spiro atoms. The van der Waals surface area contributed by atoms with Crippen molar-refractivity contribution in [2.75, 3.05) is 45.9 Å². The van der Waals surface area contributed by atoms with Gasteiger partial charge < -0.3 is 15.0 Å². The van der Waals surface area contributed by atoms with E-state index in [0.29, 0.717) is 13.0 Å². The largest absolute Gasteiger partial charge is 0.378 e. The van der Waals surface area contributed by atoms with E-state index in [9.17, 15) is 27.2 Å². The third-order valence-electron chi connectivity index (χ3n) is 5.59. The molecule has 0 aliphatic carbocycles. The summed E-state index contributed by atoms with van der Waals surface area (Å²) in [5.74, 6) is -1.58. The highest BCUT2D eigenvalue weighted by Gasteiger charge is 2.54. The number of amides is 4. The van der Waals surface area contributed by atoms with Crippen LogP contribution in [0.1, 0.15) is 6.42 Å². The number of hydrogen-bond donors (Lipinski definition) is 1. The summed E-state index contributed by atoms with van der Waals surface area (Å²) < 4.78 is 45.1. The maximum atomic E-state index is 13.4. The first kappa shape index (κ1) is 20.7. The van der Waals surface area contributed by atoms with Crippen molar-refractivity contribution in [3.8, 4) is 0 Å². The molecule has 10 nitrogen and oxygen atoms in total. The Hall–Kier alpha value is -2.57. The molecular formula is C18H21FN4O6S. The van der Waals surface area contributed by atoms with Crippen molar-refractivity contribution in [1.29, 1.82) is 0 Å². The molecular weight excluding hydrogens is 419 g/mol. The lowest BCUT2D eigenvalue weighted by molar-refractivity contribution is -0.139. The Bertz CT molecular complexity index is 986. The van der Waals surface area contributed by atoms with Crippen molar-refractivity contribution in [3.63, 3.8) is 0 Å². The third kappa shape index (κ3) is 3.55. The fourth-order valence-electron chi connectivity index (χ4n) is 3.84. The summed E-state index contributed by atoms with van der Waals surface area (Å²) in [5.41, 5.74) is -1.09. The minimum absolute atomic E-state index is 0.0303. The second-order valence-electron chi connectivity index (χ2n) is 7.45. The SMILES string of the molecule is O=C(CN1C(=O)NC2(CCOC2)C1=O)N1CCN(S(=O)(=O)c2cccc(F)c2)CC1. The van der Waals surface area contributed by atoms with Crippen molar-refractivity contribution < 1.29 is 31.9 Å². The molecule has 12 heteroatoms. The molecule has 0 bridgehead atoms. The monoisotopic (exact) mass is 440 g/mol. The van der Waals surface area contributed by atoms with Crippen molar-refractivity contribution in [3.05, 3.63) is 30.1 Å². The van der Waals surface area contributed by atoms with E-state index in [1.54, 1.807) is 0 Å². The van der Waals surface area contributed by atoms with Crippen LogP contribution >= 0.6 is 0 Å². The normalized spacial score (nSPS) is 25.2. The topological polar surface area (TPSA) is 116 Å². The van der Waals surface area contributed by atoms with Gasteiger partial charge in [0.1, 0.15) is 17.9 Å². The molecule has 30 heavy (non-hydrogen) atoms. The molecule has 4 rings (SSSR count). The summed E-state index contributed by atoms with van der Waals surface area (Å²) in [5, 5.41) is 2.61. The lowest BCUT2D eigenvalue weighted by Crippen LogP contribution is -2.53. The van der Waals surface area contributed by atoms with E-state index in [4.69, 9.17) is 4.74 Å². The predicted octanol–water partition coefficient (Wildman–Crippen LogP) is -0.630. The van der Waals surface area contributed by atoms with E-state index < -0.39 is 45.8 Å². The Morgan fingerprint density at radius 2 is 1.93 bits per heavy atom. The van der Waals surface area contributed by atoms with E-state index >= 15 is 0 Å². The van der Waals surface area contributed by atoms with Gasteiger partial charge in [-0.05, 0) is 18.2 Å². The van der Waals surface area contributed by atoms with E-state index in [0.717, 1.165) is 17.0 Å². The Kier molecular flexibility index (Phi) is 5.24. The minimum atomic E-state index is -3.88. The zero-order valence-corrected chi connectivity index (χ0v) is 16.9. The standard InChI is InChI=1S/C18H21FN4O6S/c19-13-2-1-3-14(10-13)30(27,28)22-7-5-21(6-8-22)15(24)11-23-16(25)18(20-17(23)26)4-9-29-12-18/h1-3,10H,4-9,11-12H2,(H,20,26). The number of piperazine rings is 1. The van der Waals surface area contributed by atoms with Gasteiger partial charge >= 0.3 is 6.03 Å². The van der Waals surface area contributed by atoms with Crippen LogP contribution in [0, 0.1) is 5.82 Å². The lowest BCUT2D eigenvalue weighted by atomic mass is 9.99. The van der Waals surface area contributed by atoms with Gasteiger partial charge in [-0.25, -0.2) is 17.6 Å². The highest BCUT2D eigenvalue weighted by molar-refractivity contribution is 7.89. The molecule has 0 aromatic heterocycles. The molecule has 1 N–H and O–H groups in total. The maximum Gasteiger partial charge on any atom is 0.325 e. The number of nitrogens with zero attached hydrogens (tertiary/aromatic N) is 3. The molecule has 3 saturated heterocycles. The summed E-state index contributed by atoms with van der Waals surface area (Å²) in [7, 11) is -3.88. The number of carbonyl (C=O) groups is 3. The molecule has 3 aliphatic rings. The number of imide groups is 1. The molecule has 162 valence electrons. The molecule has 0 saturated carbocycles. The summed E-state index contributed by atoms with van der Waals surface area (Å²) >= 11 is 0. The quantitative estimate of drug-likeness (QED) is 0.624. The van der Waals surface area contributed by atoms with Gasteiger partial charge in [0.05, 0.1) is 11.5 Å². The highest BCUT2D eigenvalue weighted by Crippen LogP contribution is 2.27. The van der Waals surface area contributed by atoms with Crippen LogP contribution in [0.3, 0.4) is 0 Å². The molecule has 1 aromatic rings. The highest BCUT2D eigenvalue weighted by atomic mass is 32.2. The number of nitrogens with one attached hydrogen (secondary N) is 1. The maximum absolute atomic E-state index is 13.4. The van der Waals surface area contributed by atoms with E-state index in [-0.39, 0.29) is 37.7 Å². The zero-order chi connectivity index (χ0) is 21.5. The molecule has 3 heterocycles. The second-order valence-corrected chi connectivity index (χ2v) is 9.39. The lowest BCUT2D eigenvalue weighted by Gasteiger charge is -2.34. The van der Waals surface area contributed by atoms with E-state index in [1.165, 1.54) is 21.3 Å². The number of hydrogen-bond acceptors (Lipinski definition) is 6. The summed E-state index contributed by atoms with van der Waals surface area (Å²) in [6, 6.07) is 4.12. The summed E-state index contributed by atoms with van der Waals surface area (Å²) in [6.45, 7) is 0.291. The fourth-order valence-corrected chi connectivity index (χ4v) is 5.30. The second kappa shape index (κ2) is 7.60. The van der Waals surface area contributed by atoms with Gasteiger partial charge in [0.15, 0.2) is 0 Å². The van der Waals surface area contributed by atoms with Gasteiger partial charge in [0.2, 0.25) is 15.9 Å². The number of halogens is 1. The predicted molar refractivity (Wildman–Crippen MR) is 100 cm³/mol. The van der Waals surface area contributed by atoms with Crippen molar-refractivity contribution >= 4 is 27.9 Å². The summed E-state index contributed by atoms with van der Waals surface area (Å²) in [6.07, 6.45) is 0.360. The van der Waals surface area contributed by atoms with Crippen molar-refractivity contribution in [2.45, 2.75) is 16.9 Å². The smallest absolute Gasteiger partial charge is 0.325 e. The van der Waals surface area contributed by atoms with E-state index in [1.807, 2.05) is 0 Å². The number of benzene rings is 1. The Balaban J connectivity index is 1.37. The zero-order valence-electron chi connectivity index (χ0n) is 16.0. The molecule has 0 radical (unpaired) electrons. The molecule has 1 unspecified atom stereocenters. The third-order valence-corrected chi connectivity index (χ3v) is 7.48. The number of urea groups is 1. The van der Waals surface area contributed by atoms with Crippen LogP contribution in [0.15, 0.2) is 29.2 Å². The molecule has 4 amide bonds. The summed E-state index contributed by atoms with van der Waals surface area (Å²) in [4.78, 5) is 39.5. The van der Waals surface area contributed by atoms with E-state index in [2.05, 4.69) is 5.32 Å². The average molecular weight is 440 g/mol. The van der Waals surface area contributed by atoms with Gasteiger partial charge in [-0.1, -0.05) is 6.07 Å². The number of sulfonamides is 1. The average Bonchev–Trinajstić information content (AvgIpc) is 3.28. The Morgan fingerprint density at radius 3 is 2.57 bits per heavy atom. The van der Waals surface area contributed by atoms with Gasteiger partial charge in [-0.3, -0.25) is 14.5 Å². The molecule has 1 aromatic carbocycles. The van der Waals surface area contributed by atoms with Crippen molar-refractivity contribution in [2.24, 2.45) is 0 Å². The number of rotatable bonds is 4. The van der Waals surface area contributed by atoms with Crippen LogP contribution in [0.5, 0.6) is 0 Å². The van der Waals surface area contributed by atoms with Crippen LogP contribution in [0.2, 0.25) is 0 Å². The van der Waals surface area contributed by atoms with Crippen LogP contribution in [0.25, 0.3) is 0 Å². The molecule has 1 atom stereocenters. The minimum Gasteiger partial charge on any atom is -0.378 e. The Labute approximate surface area is 172 Å². The first-order valence-corrected chi connectivity index (χ1v) is 10.9. The first-order valence-electron chi connectivity index (χ1n) is 9.48. The van der Waals surface area contributed by atoms with Crippen LogP contribution in [-0.2, 0) is 24.3 Å². The van der Waals surface area contributed by atoms with Gasteiger partial charge in [-0.15, -0.1) is 0 Å². The van der Waals surface area contributed by atoms with Crippen LogP contribution in [-0.4, -0.2) is 91.8 Å². The van der Waals surface area contributed by atoms with Gasteiger partial charge in [0.25, 0.3) is 5.91 Å². The van der Waals surface area contributed by atoms with Gasteiger partial charge in [0, 0.05) is 39.2 Å². The number of ether oxygens (including phenoxy) is 1. The number of carbonyl (C=O) groups excluding carboxylic acids is 3. The van der Waals surface area contributed by atoms with Crippen molar-refractivity contribution in [1.82, 2.24) is 19.4 Å². The van der Waals surface area contributed by atoms with Crippen LogP contribution < -0.4 is 5.32 Å². The first-order chi connectivity index (χ1) is 14.2. The van der Waals surface area contributed by atoms with Gasteiger partial charge in [-0.2, -0.15) is 4.31 Å². The molecule has 3 aliphatic heterocycles. The molecule has 3 fully saturated rings.